The van der Waals surface area contributed by atoms with E-state index in [4.69, 9.17) is 10.5 Å². The molecule has 2 N–H and O–H groups in total. The molecule has 1 aromatic rings. The van der Waals surface area contributed by atoms with Crippen molar-refractivity contribution in [1.29, 1.82) is 0 Å². The molecule has 1 saturated heterocycles. The first-order chi connectivity index (χ1) is 10.1. The van der Waals surface area contributed by atoms with Gasteiger partial charge in [-0.15, -0.1) is 0 Å². The maximum atomic E-state index is 11.9. The molecule has 21 heavy (non-hydrogen) atoms. The zero-order chi connectivity index (χ0) is 15.2. The van der Waals surface area contributed by atoms with E-state index in [1.54, 1.807) is 7.11 Å². The molecule has 1 aliphatic rings. The van der Waals surface area contributed by atoms with Gasteiger partial charge in [0.25, 0.3) is 0 Å². The van der Waals surface area contributed by atoms with Crippen LogP contribution in [0.15, 0.2) is 30.3 Å². The number of benzene rings is 1. The van der Waals surface area contributed by atoms with Crippen molar-refractivity contribution in [3.63, 3.8) is 0 Å². The van der Waals surface area contributed by atoms with Crippen molar-refractivity contribution in [1.82, 2.24) is 9.80 Å². The number of rotatable bonds is 6. The molecule has 0 unspecified atom stereocenters. The van der Waals surface area contributed by atoms with Crippen LogP contribution in [0, 0.1) is 0 Å². The number of primary amides is 1. The normalized spacial score (nSPS) is 22.1. The third-order valence-electron chi connectivity index (χ3n) is 4.13. The quantitative estimate of drug-likeness (QED) is 0.845. The number of methoxy groups -OCH3 is 1. The van der Waals surface area contributed by atoms with E-state index in [0.717, 1.165) is 38.3 Å². The Morgan fingerprint density at radius 3 is 2.67 bits per heavy atom. The van der Waals surface area contributed by atoms with Crippen molar-refractivity contribution in [2.75, 3.05) is 39.9 Å². The lowest BCUT2D eigenvalue weighted by Gasteiger charge is -2.42. The van der Waals surface area contributed by atoms with Crippen LogP contribution in [0.5, 0.6) is 0 Å². The molecule has 5 heteroatoms. The first-order valence-electron chi connectivity index (χ1n) is 7.44. The minimum Gasteiger partial charge on any atom is -0.383 e. The van der Waals surface area contributed by atoms with Gasteiger partial charge in [-0.2, -0.15) is 0 Å². The lowest BCUT2D eigenvalue weighted by atomic mass is 10.0. The third-order valence-corrected chi connectivity index (χ3v) is 4.13. The number of nitrogens with two attached hydrogens (primary N) is 1. The molecule has 1 fully saturated rings. The lowest BCUT2D eigenvalue weighted by molar-refractivity contribution is -0.124. The SMILES string of the molecule is COCCN1CCN([C@@H](C(N)=O)c2ccccc2)C[C@H]1C. The van der Waals surface area contributed by atoms with Gasteiger partial charge in [0.15, 0.2) is 0 Å². The number of nitrogens with zero attached hydrogens (tertiary/aromatic N) is 2. The zero-order valence-electron chi connectivity index (χ0n) is 12.9. The molecule has 2 atom stereocenters. The van der Waals surface area contributed by atoms with E-state index < -0.39 is 0 Å². The van der Waals surface area contributed by atoms with E-state index in [2.05, 4.69) is 16.7 Å². The molecule has 0 radical (unpaired) electrons. The van der Waals surface area contributed by atoms with Crippen LogP contribution in [-0.4, -0.2) is 61.6 Å². The monoisotopic (exact) mass is 291 g/mol. The Balaban J connectivity index is 2.05. The summed E-state index contributed by atoms with van der Waals surface area (Å²) in [6.07, 6.45) is 0. The van der Waals surface area contributed by atoms with Crippen LogP contribution in [0.2, 0.25) is 0 Å². The van der Waals surface area contributed by atoms with Crippen molar-refractivity contribution >= 4 is 5.91 Å². The van der Waals surface area contributed by atoms with Crippen molar-refractivity contribution in [2.24, 2.45) is 5.73 Å². The Hall–Kier alpha value is -1.43. The van der Waals surface area contributed by atoms with Gasteiger partial charge in [-0.05, 0) is 12.5 Å². The van der Waals surface area contributed by atoms with Gasteiger partial charge in [-0.1, -0.05) is 30.3 Å². The first kappa shape index (κ1) is 15.9. The summed E-state index contributed by atoms with van der Waals surface area (Å²) >= 11 is 0. The standard InChI is InChI=1S/C16H25N3O2/c1-13-12-19(9-8-18(13)10-11-21-2)15(16(17)20)14-6-4-3-5-7-14/h3-7,13,15H,8-12H2,1-2H3,(H2,17,20)/t13-,15-/m1/s1. The fourth-order valence-corrected chi connectivity index (χ4v) is 2.99. The predicted octanol–water partition coefficient (Wildman–Crippen LogP) is 0.866. The number of carbonyl (C=O) groups is 1. The molecule has 0 saturated carbocycles. The number of ether oxygens (including phenoxy) is 1. The number of piperazine rings is 1. The van der Waals surface area contributed by atoms with Crippen molar-refractivity contribution in [3.05, 3.63) is 35.9 Å². The van der Waals surface area contributed by atoms with Crippen LogP contribution in [0.25, 0.3) is 0 Å². The predicted molar refractivity (Wildman–Crippen MR) is 82.9 cm³/mol. The third kappa shape index (κ3) is 4.03. The highest BCUT2D eigenvalue weighted by Gasteiger charge is 2.31. The fraction of sp³-hybridized carbons (Fsp3) is 0.562. The Labute approximate surface area is 126 Å². The molecule has 0 aliphatic carbocycles. The van der Waals surface area contributed by atoms with E-state index in [1.807, 2.05) is 30.3 Å². The van der Waals surface area contributed by atoms with Gasteiger partial charge in [-0.3, -0.25) is 14.6 Å². The fourth-order valence-electron chi connectivity index (χ4n) is 2.99. The molecular weight excluding hydrogens is 266 g/mol. The molecule has 5 nitrogen and oxygen atoms in total. The number of carbonyl (C=O) groups excluding carboxylic acids is 1. The summed E-state index contributed by atoms with van der Waals surface area (Å²) in [4.78, 5) is 16.5. The van der Waals surface area contributed by atoms with Crippen LogP contribution >= 0.6 is 0 Å². The molecule has 0 bridgehead atoms. The van der Waals surface area contributed by atoms with E-state index in [1.165, 1.54) is 0 Å². The van der Waals surface area contributed by atoms with Gasteiger partial charge in [-0.25, -0.2) is 0 Å². The van der Waals surface area contributed by atoms with Gasteiger partial charge < -0.3 is 10.5 Å². The Kier molecular flexibility index (Phi) is 5.73. The minimum atomic E-state index is -0.335. The van der Waals surface area contributed by atoms with Gasteiger partial charge >= 0.3 is 0 Å². The zero-order valence-corrected chi connectivity index (χ0v) is 12.9. The van der Waals surface area contributed by atoms with Gasteiger partial charge in [0.2, 0.25) is 5.91 Å². The highest BCUT2D eigenvalue weighted by atomic mass is 16.5. The molecule has 1 aliphatic heterocycles. The second-order valence-electron chi connectivity index (χ2n) is 5.59. The maximum absolute atomic E-state index is 11.9. The highest BCUT2D eigenvalue weighted by Crippen LogP contribution is 2.23. The van der Waals surface area contributed by atoms with Gasteiger partial charge in [0.1, 0.15) is 6.04 Å². The van der Waals surface area contributed by atoms with Crippen LogP contribution in [-0.2, 0) is 9.53 Å². The van der Waals surface area contributed by atoms with E-state index >= 15 is 0 Å². The lowest BCUT2D eigenvalue weighted by Crippen LogP contribution is -2.55. The molecule has 116 valence electrons. The molecule has 1 heterocycles. The Morgan fingerprint density at radius 1 is 1.38 bits per heavy atom. The number of hydrogen-bond acceptors (Lipinski definition) is 4. The summed E-state index contributed by atoms with van der Waals surface area (Å²) in [5, 5.41) is 0. The summed E-state index contributed by atoms with van der Waals surface area (Å²) in [5.74, 6) is -0.279. The number of amides is 1. The average molecular weight is 291 g/mol. The summed E-state index contributed by atoms with van der Waals surface area (Å²) in [7, 11) is 1.72. The summed E-state index contributed by atoms with van der Waals surface area (Å²) in [6, 6.07) is 9.84. The summed E-state index contributed by atoms with van der Waals surface area (Å²) < 4.78 is 5.15. The Morgan fingerprint density at radius 2 is 2.10 bits per heavy atom. The second kappa shape index (κ2) is 7.54. The smallest absolute Gasteiger partial charge is 0.239 e. The molecule has 0 spiro atoms. The average Bonchev–Trinajstić information content (AvgIpc) is 2.47. The van der Waals surface area contributed by atoms with Crippen molar-refractivity contribution in [2.45, 2.75) is 19.0 Å². The van der Waals surface area contributed by atoms with Crippen molar-refractivity contribution < 1.29 is 9.53 Å². The topological polar surface area (TPSA) is 58.8 Å². The van der Waals surface area contributed by atoms with Crippen molar-refractivity contribution in [3.8, 4) is 0 Å². The largest absolute Gasteiger partial charge is 0.383 e. The van der Waals surface area contributed by atoms with Crippen LogP contribution in [0.4, 0.5) is 0 Å². The highest BCUT2D eigenvalue weighted by molar-refractivity contribution is 5.81. The molecule has 2 rings (SSSR count). The first-order valence-corrected chi connectivity index (χ1v) is 7.44. The summed E-state index contributed by atoms with van der Waals surface area (Å²) in [5.41, 5.74) is 6.62. The van der Waals surface area contributed by atoms with E-state index in [-0.39, 0.29) is 11.9 Å². The minimum absolute atomic E-state index is 0.279. The molecule has 1 aromatic carbocycles. The molecule has 0 aromatic heterocycles. The Bertz CT molecular complexity index is 452. The van der Waals surface area contributed by atoms with Gasteiger partial charge in [0, 0.05) is 39.3 Å². The van der Waals surface area contributed by atoms with E-state index in [0.29, 0.717) is 6.04 Å². The van der Waals surface area contributed by atoms with Crippen LogP contribution < -0.4 is 5.73 Å². The molecule has 1 amide bonds. The second-order valence-corrected chi connectivity index (χ2v) is 5.59. The molecular formula is C16H25N3O2. The van der Waals surface area contributed by atoms with Crippen LogP contribution in [0.1, 0.15) is 18.5 Å². The van der Waals surface area contributed by atoms with Gasteiger partial charge in [0.05, 0.1) is 6.61 Å². The van der Waals surface area contributed by atoms with E-state index in [9.17, 15) is 4.79 Å². The summed E-state index contributed by atoms with van der Waals surface area (Å²) in [6.45, 7) is 6.47. The number of hydrogen-bond donors (Lipinski definition) is 1. The van der Waals surface area contributed by atoms with Crippen LogP contribution in [0.3, 0.4) is 0 Å². The maximum Gasteiger partial charge on any atom is 0.239 e.